The molecule has 19 heteroatoms. The fourth-order valence-electron chi connectivity index (χ4n) is 5.02. The van der Waals surface area contributed by atoms with Crippen molar-refractivity contribution in [1.29, 1.82) is 0 Å². The molecule has 3 N–H and O–H groups in total. The number of halogens is 8. The van der Waals surface area contributed by atoms with Crippen LogP contribution in [0.15, 0.2) is 84.9 Å². The van der Waals surface area contributed by atoms with Gasteiger partial charge < -0.3 is 29.5 Å². The molecule has 0 aliphatic heterocycles. The third-order valence-electron chi connectivity index (χ3n) is 7.83. The molecule has 1 saturated carbocycles. The molecule has 1 aliphatic carbocycles. The van der Waals surface area contributed by atoms with Crippen molar-refractivity contribution < 1.29 is 87.7 Å². The summed E-state index contributed by atoms with van der Waals surface area (Å²) in [5.41, 5.74) is 0. The normalized spacial score (nSPS) is 12.4. The number of fused-ring (bicyclic) bond motifs is 2. The number of benzene rings is 4. The Labute approximate surface area is 427 Å². The van der Waals surface area contributed by atoms with E-state index in [1.54, 1.807) is 34.2 Å². The third kappa shape index (κ3) is 28.4. The van der Waals surface area contributed by atoms with Gasteiger partial charge in [-0.2, -0.15) is 17.6 Å². The second-order valence-electron chi connectivity index (χ2n) is 12.7. The second kappa shape index (κ2) is 39.7. The van der Waals surface area contributed by atoms with Crippen molar-refractivity contribution in [1.82, 2.24) is 0 Å². The number of aliphatic hydroxyl groups is 3. The van der Waals surface area contributed by atoms with E-state index in [9.17, 15) is 35.9 Å². The van der Waals surface area contributed by atoms with Gasteiger partial charge in [0, 0.05) is 15.4 Å². The summed E-state index contributed by atoms with van der Waals surface area (Å²) in [4.78, 5) is 22.4. The van der Waals surface area contributed by atoms with Gasteiger partial charge in [0.1, 0.15) is 24.2 Å². The molecule has 376 valence electrons. The van der Waals surface area contributed by atoms with Crippen molar-refractivity contribution >= 4 is 76.2 Å². The van der Waals surface area contributed by atoms with E-state index in [4.69, 9.17) is 31.2 Å². The van der Waals surface area contributed by atoms with Gasteiger partial charge in [0.2, 0.25) is 0 Å². The monoisotopic (exact) mass is 1230 g/mol. The van der Waals surface area contributed by atoms with Gasteiger partial charge in [-0.25, -0.2) is 4.74 Å². The molecule has 4 aromatic carbocycles. The summed E-state index contributed by atoms with van der Waals surface area (Å²) in [6.45, 7) is 4.25. The molecule has 1 fully saturated rings. The number of hydrogen-bond donors (Lipinski definition) is 3. The number of aliphatic hydroxyl groups excluding tert-OH is 2. The molecule has 0 radical (unpaired) electrons. The number of hydrogen-bond acceptors (Lipinski definition) is 10. The van der Waals surface area contributed by atoms with E-state index in [-0.39, 0.29) is 31.4 Å². The number of esters is 1. The molecule has 0 bridgehead atoms. The topological polar surface area (TPSA) is 141 Å². The number of ketones is 1. The molecule has 5 rings (SSSR count). The van der Waals surface area contributed by atoms with Crippen molar-refractivity contribution in [3.8, 4) is 53.6 Å². The van der Waals surface area contributed by atoms with Gasteiger partial charge in [-0.1, -0.05) is 99.0 Å². The number of carbonyl (C=O) groups is 2. The van der Waals surface area contributed by atoms with E-state index in [1.807, 2.05) is 42.5 Å². The molecule has 68 heavy (non-hydrogen) atoms. The number of alkyl halides is 6. The fourth-order valence-corrected chi connectivity index (χ4v) is 5.72. The van der Waals surface area contributed by atoms with Crippen LogP contribution in [0.4, 0.5) is 26.3 Å². The average Bonchev–Trinajstić information content (AvgIpc) is 3.32. The Bertz CT molecular complexity index is 2270. The molecule has 1 aliphatic rings. The van der Waals surface area contributed by atoms with Gasteiger partial charge in [-0.15, -0.1) is 15.2 Å². The number of carbonyl (C=O) groups excluding carboxylic acids is 2. The summed E-state index contributed by atoms with van der Waals surface area (Å²) in [5.74, 6) is 17.0. The predicted molar refractivity (Wildman–Crippen MR) is 261 cm³/mol. The number of Topliss-reactive ketones (excluding diaryl/α,β-unsaturated/α-hetero) is 1. The van der Waals surface area contributed by atoms with E-state index in [0.29, 0.717) is 19.4 Å². The van der Waals surface area contributed by atoms with Gasteiger partial charge in [0.25, 0.3) is 0 Å². The molecular weight excluding hydrogens is 1180 g/mol. The summed E-state index contributed by atoms with van der Waals surface area (Å²) in [7, 11) is 0. The van der Waals surface area contributed by atoms with Crippen LogP contribution >= 0.6 is 42.9 Å². The average molecular weight is 1230 g/mol. The Balaban J connectivity index is 0. The van der Waals surface area contributed by atoms with Crippen molar-refractivity contribution in [2.45, 2.75) is 84.7 Å². The molecular formula is C49H53CuF6I2O10. The minimum absolute atomic E-state index is 0.00833. The number of rotatable bonds is 13. The fraction of sp³-hybridized carbons (Fsp3) is 0.388. The maximum absolute atomic E-state index is 12.8. The molecule has 0 aromatic heterocycles. The molecule has 0 saturated heterocycles. The Morgan fingerprint density at radius 1 is 0.750 bits per heavy atom. The summed E-state index contributed by atoms with van der Waals surface area (Å²) in [6, 6.07) is 28.5. The van der Waals surface area contributed by atoms with Gasteiger partial charge >= 0.3 is 57.6 Å². The Morgan fingerprint density at radius 3 is 1.79 bits per heavy atom. The van der Waals surface area contributed by atoms with Crippen LogP contribution in [0.5, 0.6) is 5.75 Å². The van der Waals surface area contributed by atoms with Crippen LogP contribution < -0.4 is 4.74 Å². The van der Waals surface area contributed by atoms with Crippen molar-refractivity contribution in [3.63, 3.8) is 0 Å². The molecule has 0 spiro atoms. The second-order valence-corrected chi connectivity index (χ2v) is 13.8. The molecule has 1 atom stereocenters. The van der Waals surface area contributed by atoms with E-state index < -0.39 is 44.4 Å². The summed E-state index contributed by atoms with van der Waals surface area (Å²) in [5, 5.41) is 27.7. The minimum atomic E-state index is -5.50. The zero-order valence-electron chi connectivity index (χ0n) is 37.5. The molecule has 0 amide bonds. The van der Waals surface area contributed by atoms with Gasteiger partial charge in [0.05, 0.1) is 19.8 Å². The van der Waals surface area contributed by atoms with E-state index in [2.05, 4.69) is 133 Å². The maximum atomic E-state index is 12.8. The summed E-state index contributed by atoms with van der Waals surface area (Å²) < 4.78 is 97.4. The van der Waals surface area contributed by atoms with Crippen LogP contribution in [0, 0.1) is 57.4 Å². The first-order chi connectivity index (χ1) is 32.5. The standard InChI is InChI=1S/C11H10O2.C10H7I.C9H14F6O3.C9H14O3.C9H4.CH4O2.Cu.HI/c12-8-13-11-7-3-5-9-4-1-2-6-10(9)11;11-10-7-3-5-8-4-1-2-6-9(8)10;1-3-5-16-7(10,11)8(12,13)18-9(14,15)17-6-4-2;1-2-12-9(11)7-5-3-4-6-8(7)10;1-3-5-7-9-8-6-4-2;2-1-3;;/h1-7,12H,8H2;1-7H;3-6H2,1-2H3;7H,2-6H2,1H3;1H,2H3;2-3H,1H2;;1H/q;;;;;;+1;/p-1. The van der Waals surface area contributed by atoms with E-state index in [1.165, 1.54) is 28.2 Å². The van der Waals surface area contributed by atoms with Crippen molar-refractivity contribution in [2.24, 2.45) is 5.92 Å². The van der Waals surface area contributed by atoms with Crippen LogP contribution in [-0.4, -0.2) is 79.0 Å². The first kappa shape index (κ1) is 66.0. The van der Waals surface area contributed by atoms with Crippen molar-refractivity contribution in [3.05, 3.63) is 88.5 Å². The third-order valence-corrected chi connectivity index (χ3v) is 8.77. The molecule has 4 aromatic rings. The molecule has 10 nitrogen and oxygen atoms in total. The van der Waals surface area contributed by atoms with Crippen molar-refractivity contribution in [2.75, 3.05) is 33.4 Å². The van der Waals surface area contributed by atoms with Crippen LogP contribution in [0.2, 0.25) is 0 Å². The quantitative estimate of drug-likeness (QED) is 0.0225. The van der Waals surface area contributed by atoms with Gasteiger partial charge in [-0.05, 0) is 126 Å². The van der Waals surface area contributed by atoms with Crippen LogP contribution in [0.25, 0.3) is 21.5 Å². The Hall–Kier alpha value is -4.10. The van der Waals surface area contributed by atoms with Gasteiger partial charge in [0.15, 0.2) is 6.79 Å². The number of terminal acetylenes is 1. The van der Waals surface area contributed by atoms with E-state index in [0.717, 1.165) is 29.4 Å². The molecule has 1 unspecified atom stereocenters. The zero-order chi connectivity index (χ0) is 51.9. The Kier molecular flexibility index (Phi) is 38.5. The Morgan fingerprint density at radius 2 is 1.26 bits per heavy atom. The van der Waals surface area contributed by atoms with Crippen LogP contribution in [0.3, 0.4) is 0 Å². The van der Waals surface area contributed by atoms with E-state index >= 15 is 0 Å². The SMILES string of the molecule is C#CC#CC#CC#CC.CCCOC(F)(F)OC(F)(F)C(F)(F)OCCC.CCOC(=O)C1CCCCC1=O.Ic1cccc2ccccc12.OCO.OCOc1cccc2ccccc12.[Cu][I]. The van der Waals surface area contributed by atoms with Crippen LogP contribution in [-0.2, 0) is 41.3 Å². The summed E-state index contributed by atoms with van der Waals surface area (Å²) in [6.07, 6.45) is -7.47. The first-order valence-corrected chi connectivity index (χ1v) is 24.4. The predicted octanol–water partition coefficient (Wildman–Crippen LogP) is 11.0. The van der Waals surface area contributed by atoms with Gasteiger partial charge in [-0.3, -0.25) is 14.3 Å². The first-order valence-electron chi connectivity index (χ1n) is 20.3. The zero-order valence-corrected chi connectivity index (χ0v) is 42.8. The van der Waals surface area contributed by atoms with Crippen LogP contribution in [0.1, 0.15) is 66.2 Å². The number of ether oxygens (including phenoxy) is 5. The summed E-state index contributed by atoms with van der Waals surface area (Å²) >= 11 is 8.23. The molecule has 0 heterocycles.